The number of aryl methyl sites for hydroxylation is 1. The average Bonchev–Trinajstić information content (AvgIpc) is 2.89. The summed E-state index contributed by atoms with van der Waals surface area (Å²) < 4.78 is 5.21. The molecule has 0 bridgehead atoms. The Labute approximate surface area is 109 Å². The van der Waals surface area contributed by atoms with Gasteiger partial charge < -0.3 is 10.3 Å². The molecule has 3 aromatic heterocycles. The molecular weight excluding hydrogens is 242 g/mol. The average molecular weight is 253 g/mol. The Kier molecular flexibility index (Phi) is 2.68. The van der Waals surface area contributed by atoms with Crippen LogP contribution in [0.5, 0.6) is 0 Å². The van der Waals surface area contributed by atoms with Crippen LogP contribution in [-0.2, 0) is 0 Å². The Morgan fingerprint density at radius 2 is 2.11 bits per heavy atom. The Morgan fingerprint density at radius 1 is 1.21 bits per heavy atom. The van der Waals surface area contributed by atoms with Gasteiger partial charge in [-0.3, -0.25) is 4.98 Å². The maximum Gasteiger partial charge on any atom is 0.278 e. The van der Waals surface area contributed by atoms with Crippen LogP contribution in [0.2, 0.25) is 0 Å². The second-order valence-corrected chi connectivity index (χ2v) is 4.05. The summed E-state index contributed by atoms with van der Waals surface area (Å²) in [7, 11) is 0. The maximum absolute atomic E-state index is 5.83. The molecule has 0 spiro atoms. The molecule has 0 saturated carbocycles. The van der Waals surface area contributed by atoms with Gasteiger partial charge in [0.05, 0.1) is 5.69 Å². The normalized spacial score (nSPS) is 10.6. The van der Waals surface area contributed by atoms with Crippen molar-refractivity contribution in [1.29, 1.82) is 0 Å². The summed E-state index contributed by atoms with van der Waals surface area (Å²) in [5.41, 5.74) is 8.67. The van der Waals surface area contributed by atoms with Crippen molar-refractivity contribution in [2.75, 3.05) is 5.73 Å². The second kappa shape index (κ2) is 4.49. The molecule has 6 heteroatoms. The first kappa shape index (κ1) is 11.3. The van der Waals surface area contributed by atoms with Crippen molar-refractivity contribution < 1.29 is 4.52 Å². The lowest BCUT2D eigenvalue weighted by molar-refractivity contribution is 0.431. The Morgan fingerprint density at radius 3 is 2.89 bits per heavy atom. The van der Waals surface area contributed by atoms with Crippen molar-refractivity contribution in [1.82, 2.24) is 20.1 Å². The van der Waals surface area contributed by atoms with E-state index in [9.17, 15) is 0 Å². The molecular formula is C13H11N5O. The number of pyridine rings is 2. The van der Waals surface area contributed by atoms with Crippen LogP contribution < -0.4 is 5.73 Å². The highest BCUT2D eigenvalue weighted by molar-refractivity contribution is 5.67. The molecule has 0 aliphatic heterocycles. The van der Waals surface area contributed by atoms with Gasteiger partial charge >= 0.3 is 0 Å². The van der Waals surface area contributed by atoms with Gasteiger partial charge in [0.1, 0.15) is 0 Å². The monoisotopic (exact) mass is 253 g/mol. The van der Waals surface area contributed by atoms with Crippen molar-refractivity contribution in [2.24, 2.45) is 0 Å². The van der Waals surface area contributed by atoms with Crippen LogP contribution in [-0.4, -0.2) is 20.1 Å². The highest BCUT2D eigenvalue weighted by Gasteiger charge is 2.15. The molecule has 94 valence electrons. The highest BCUT2D eigenvalue weighted by atomic mass is 16.5. The van der Waals surface area contributed by atoms with Gasteiger partial charge in [-0.05, 0) is 30.7 Å². The number of hydrogen-bond donors (Lipinski definition) is 1. The smallest absolute Gasteiger partial charge is 0.278 e. The third-order valence-electron chi connectivity index (χ3n) is 2.75. The van der Waals surface area contributed by atoms with Gasteiger partial charge in [-0.1, -0.05) is 5.16 Å². The molecule has 0 amide bonds. The van der Waals surface area contributed by atoms with Crippen molar-refractivity contribution in [3.05, 3.63) is 42.4 Å². The van der Waals surface area contributed by atoms with Crippen LogP contribution in [0, 0.1) is 6.92 Å². The topological polar surface area (TPSA) is 90.7 Å². The molecule has 0 aromatic carbocycles. The molecule has 0 aliphatic carbocycles. The third-order valence-corrected chi connectivity index (χ3v) is 2.75. The number of anilines is 1. The van der Waals surface area contributed by atoms with Gasteiger partial charge in [0.2, 0.25) is 5.82 Å². The molecule has 3 heterocycles. The largest absolute Gasteiger partial charge is 0.397 e. The number of nitrogen functional groups attached to an aromatic ring is 1. The first-order valence-corrected chi connectivity index (χ1v) is 5.71. The maximum atomic E-state index is 5.83. The SMILES string of the molecule is Cc1ccncc1-c1noc(-c2ncccc2N)n1. The quantitative estimate of drug-likeness (QED) is 0.751. The number of nitrogens with zero attached hydrogens (tertiary/aromatic N) is 4. The molecule has 6 nitrogen and oxygen atoms in total. The highest BCUT2D eigenvalue weighted by Crippen LogP contribution is 2.25. The standard InChI is InChI=1S/C13H11N5O/c1-8-4-6-15-7-9(8)12-17-13(19-18-12)11-10(14)3-2-5-16-11/h2-7H,14H2,1H3. The minimum atomic E-state index is 0.302. The van der Waals surface area contributed by atoms with Crippen LogP contribution in [0.3, 0.4) is 0 Å². The predicted molar refractivity (Wildman–Crippen MR) is 69.9 cm³/mol. The Bertz CT molecular complexity index is 662. The van der Waals surface area contributed by atoms with Crippen molar-refractivity contribution in [2.45, 2.75) is 6.92 Å². The Hall–Kier alpha value is -2.76. The molecule has 0 saturated heterocycles. The number of hydrogen-bond acceptors (Lipinski definition) is 6. The van der Waals surface area contributed by atoms with E-state index < -0.39 is 0 Å². The van der Waals surface area contributed by atoms with Gasteiger partial charge in [-0.25, -0.2) is 4.98 Å². The summed E-state index contributed by atoms with van der Waals surface area (Å²) >= 11 is 0. The summed E-state index contributed by atoms with van der Waals surface area (Å²) in [5.74, 6) is 0.780. The van der Waals surface area contributed by atoms with E-state index in [1.165, 1.54) is 0 Å². The predicted octanol–water partition coefficient (Wildman–Crippen LogP) is 2.08. The lowest BCUT2D eigenvalue weighted by Crippen LogP contribution is -1.92. The van der Waals surface area contributed by atoms with E-state index in [1.54, 1.807) is 30.7 Å². The van der Waals surface area contributed by atoms with E-state index >= 15 is 0 Å². The summed E-state index contributed by atoms with van der Waals surface area (Å²) in [6, 6.07) is 5.38. The van der Waals surface area contributed by atoms with Gasteiger partial charge in [-0.15, -0.1) is 0 Å². The summed E-state index contributed by atoms with van der Waals surface area (Å²) in [6.07, 6.45) is 5.05. The van der Waals surface area contributed by atoms with E-state index in [4.69, 9.17) is 10.3 Å². The number of rotatable bonds is 2. The molecule has 3 rings (SSSR count). The summed E-state index contributed by atoms with van der Waals surface area (Å²) in [5, 5.41) is 3.94. The fraction of sp³-hybridized carbons (Fsp3) is 0.0769. The second-order valence-electron chi connectivity index (χ2n) is 4.05. The van der Waals surface area contributed by atoms with Gasteiger partial charge in [0.25, 0.3) is 5.89 Å². The molecule has 0 fully saturated rings. The van der Waals surface area contributed by atoms with Crippen LogP contribution in [0.15, 0.2) is 41.3 Å². The fourth-order valence-electron chi connectivity index (χ4n) is 1.72. The summed E-state index contributed by atoms with van der Waals surface area (Å²) in [4.78, 5) is 12.5. The van der Waals surface area contributed by atoms with Crippen LogP contribution in [0.1, 0.15) is 5.56 Å². The summed E-state index contributed by atoms with van der Waals surface area (Å²) in [6.45, 7) is 1.96. The van der Waals surface area contributed by atoms with Gasteiger partial charge in [0.15, 0.2) is 5.69 Å². The number of aromatic nitrogens is 4. The molecule has 0 unspecified atom stereocenters. The lowest BCUT2D eigenvalue weighted by atomic mass is 10.1. The Balaban J connectivity index is 2.06. The number of nitrogens with two attached hydrogens (primary N) is 1. The van der Waals surface area contributed by atoms with Crippen molar-refractivity contribution >= 4 is 5.69 Å². The van der Waals surface area contributed by atoms with E-state index in [0.717, 1.165) is 11.1 Å². The molecule has 2 N–H and O–H groups in total. The molecule has 19 heavy (non-hydrogen) atoms. The molecule has 0 aliphatic rings. The molecule has 0 atom stereocenters. The zero-order valence-electron chi connectivity index (χ0n) is 10.2. The first-order chi connectivity index (χ1) is 9.25. The minimum Gasteiger partial charge on any atom is -0.397 e. The van der Waals surface area contributed by atoms with E-state index in [0.29, 0.717) is 23.1 Å². The first-order valence-electron chi connectivity index (χ1n) is 5.71. The third kappa shape index (κ3) is 2.03. The molecule has 3 aromatic rings. The fourth-order valence-corrected chi connectivity index (χ4v) is 1.72. The van der Waals surface area contributed by atoms with Gasteiger partial charge in [0, 0.05) is 24.2 Å². The van der Waals surface area contributed by atoms with Crippen molar-refractivity contribution in [3.8, 4) is 23.0 Å². The zero-order valence-corrected chi connectivity index (χ0v) is 10.2. The molecule has 0 radical (unpaired) electrons. The zero-order chi connectivity index (χ0) is 13.2. The lowest BCUT2D eigenvalue weighted by Gasteiger charge is -1.98. The van der Waals surface area contributed by atoms with Crippen molar-refractivity contribution in [3.63, 3.8) is 0 Å². The van der Waals surface area contributed by atoms with E-state index in [1.807, 2.05) is 13.0 Å². The van der Waals surface area contributed by atoms with Crippen LogP contribution in [0.25, 0.3) is 23.0 Å². The van der Waals surface area contributed by atoms with Gasteiger partial charge in [-0.2, -0.15) is 4.98 Å². The van der Waals surface area contributed by atoms with Crippen LogP contribution >= 0.6 is 0 Å². The van der Waals surface area contributed by atoms with E-state index in [2.05, 4.69) is 20.1 Å². The van der Waals surface area contributed by atoms with Crippen LogP contribution in [0.4, 0.5) is 5.69 Å². The van der Waals surface area contributed by atoms with E-state index in [-0.39, 0.29) is 0 Å². The minimum absolute atomic E-state index is 0.302.